The topological polar surface area (TPSA) is 90.3 Å². The molecule has 0 spiro atoms. The second-order valence-corrected chi connectivity index (χ2v) is 10.2. The fourth-order valence-electron chi connectivity index (χ4n) is 3.13. The first-order valence-corrected chi connectivity index (χ1v) is 12.0. The van der Waals surface area contributed by atoms with Gasteiger partial charge >= 0.3 is 0 Å². The number of carbonyl (C=O) groups excluding carboxylic acids is 1. The standard InChI is InChI=1S/C22H23Cl2N3O4S/c1-13(12-27-15(3)21(24)14(2)26-27)22(28)25-17-9-18(31-4)11-20(10-17)32(29,30)19-7-5-16(23)6-8-19/h5-11,13H,12H2,1-4H3,(H,25,28). The van der Waals surface area contributed by atoms with Gasteiger partial charge in [0.25, 0.3) is 0 Å². The number of aromatic nitrogens is 2. The zero-order chi connectivity index (χ0) is 23.6. The maximum Gasteiger partial charge on any atom is 0.229 e. The van der Waals surface area contributed by atoms with E-state index in [0.29, 0.717) is 33.7 Å². The molecule has 1 unspecified atom stereocenters. The zero-order valence-corrected chi connectivity index (χ0v) is 20.3. The van der Waals surface area contributed by atoms with E-state index in [4.69, 9.17) is 27.9 Å². The molecule has 0 bridgehead atoms. The number of anilines is 1. The second-order valence-electron chi connectivity index (χ2n) is 7.41. The van der Waals surface area contributed by atoms with Crippen molar-refractivity contribution in [2.45, 2.75) is 37.1 Å². The van der Waals surface area contributed by atoms with Crippen LogP contribution in [0.4, 0.5) is 5.69 Å². The van der Waals surface area contributed by atoms with Crippen LogP contribution in [0.5, 0.6) is 5.75 Å². The average Bonchev–Trinajstić information content (AvgIpc) is 3.00. The molecule has 0 aliphatic carbocycles. The third kappa shape index (κ3) is 5.09. The van der Waals surface area contributed by atoms with Crippen LogP contribution < -0.4 is 10.1 Å². The molecule has 1 heterocycles. The lowest BCUT2D eigenvalue weighted by molar-refractivity contribution is -0.119. The van der Waals surface area contributed by atoms with Gasteiger partial charge in [0.2, 0.25) is 15.7 Å². The van der Waals surface area contributed by atoms with E-state index in [9.17, 15) is 13.2 Å². The van der Waals surface area contributed by atoms with Crippen LogP contribution >= 0.6 is 23.2 Å². The average molecular weight is 496 g/mol. The highest BCUT2D eigenvalue weighted by molar-refractivity contribution is 7.91. The van der Waals surface area contributed by atoms with Gasteiger partial charge in [-0.05, 0) is 50.2 Å². The Hall–Kier alpha value is -2.55. The van der Waals surface area contributed by atoms with Crippen LogP contribution in [0.25, 0.3) is 0 Å². The number of sulfone groups is 1. The molecule has 1 amide bonds. The van der Waals surface area contributed by atoms with Crippen molar-refractivity contribution in [3.63, 3.8) is 0 Å². The lowest BCUT2D eigenvalue weighted by Gasteiger charge is -2.15. The lowest BCUT2D eigenvalue weighted by Crippen LogP contribution is -2.25. The Balaban J connectivity index is 1.85. The van der Waals surface area contributed by atoms with Crippen molar-refractivity contribution in [2.24, 2.45) is 5.92 Å². The molecule has 0 aliphatic rings. The molecule has 0 radical (unpaired) electrons. The molecule has 3 rings (SSSR count). The van der Waals surface area contributed by atoms with E-state index in [2.05, 4.69) is 10.4 Å². The van der Waals surface area contributed by atoms with Crippen LogP contribution in [-0.4, -0.2) is 31.2 Å². The second kappa shape index (κ2) is 9.52. The van der Waals surface area contributed by atoms with E-state index in [-0.39, 0.29) is 15.7 Å². The van der Waals surface area contributed by atoms with E-state index in [0.717, 1.165) is 5.69 Å². The highest BCUT2D eigenvalue weighted by Gasteiger charge is 2.22. The van der Waals surface area contributed by atoms with Crippen molar-refractivity contribution in [2.75, 3.05) is 12.4 Å². The molecular weight excluding hydrogens is 473 g/mol. The molecular formula is C22H23Cl2N3O4S. The van der Waals surface area contributed by atoms with Gasteiger partial charge in [0.05, 0.1) is 45.8 Å². The predicted octanol–water partition coefficient (Wildman–Crippen LogP) is 4.92. The van der Waals surface area contributed by atoms with Gasteiger partial charge in [-0.2, -0.15) is 5.10 Å². The van der Waals surface area contributed by atoms with Crippen molar-refractivity contribution in [1.82, 2.24) is 9.78 Å². The molecule has 0 aliphatic heterocycles. The van der Waals surface area contributed by atoms with Crippen LogP contribution in [0.2, 0.25) is 10.0 Å². The first kappa shape index (κ1) is 24.1. The van der Waals surface area contributed by atoms with Crippen molar-refractivity contribution in [1.29, 1.82) is 0 Å². The summed E-state index contributed by atoms with van der Waals surface area (Å²) >= 11 is 12.1. The van der Waals surface area contributed by atoms with Gasteiger partial charge in [0.15, 0.2) is 0 Å². The number of rotatable bonds is 7. The number of methoxy groups -OCH3 is 1. The number of hydrogen-bond acceptors (Lipinski definition) is 5. The van der Waals surface area contributed by atoms with E-state index in [1.165, 1.54) is 43.5 Å². The number of nitrogens with zero attached hydrogens (tertiary/aromatic N) is 2. The number of aryl methyl sites for hydroxylation is 1. The highest BCUT2D eigenvalue weighted by Crippen LogP contribution is 2.29. The number of amides is 1. The smallest absolute Gasteiger partial charge is 0.229 e. The van der Waals surface area contributed by atoms with E-state index < -0.39 is 15.8 Å². The van der Waals surface area contributed by atoms with Gasteiger partial charge in [0.1, 0.15) is 5.75 Å². The molecule has 1 atom stereocenters. The van der Waals surface area contributed by atoms with Crippen LogP contribution in [-0.2, 0) is 21.2 Å². The molecule has 0 saturated carbocycles. The largest absolute Gasteiger partial charge is 0.497 e. The van der Waals surface area contributed by atoms with Crippen LogP contribution in [0.1, 0.15) is 18.3 Å². The van der Waals surface area contributed by atoms with E-state index in [1.807, 2.05) is 6.92 Å². The van der Waals surface area contributed by atoms with Crippen molar-refractivity contribution in [3.8, 4) is 5.75 Å². The number of nitrogens with one attached hydrogen (secondary N) is 1. The minimum Gasteiger partial charge on any atom is -0.497 e. The molecule has 170 valence electrons. The fourth-order valence-corrected chi connectivity index (χ4v) is 4.71. The summed E-state index contributed by atoms with van der Waals surface area (Å²) in [6.07, 6.45) is 0. The normalized spacial score (nSPS) is 12.4. The van der Waals surface area contributed by atoms with Crippen molar-refractivity contribution >= 4 is 44.6 Å². The zero-order valence-electron chi connectivity index (χ0n) is 18.0. The van der Waals surface area contributed by atoms with Gasteiger partial charge in [-0.15, -0.1) is 0 Å². The Morgan fingerprint density at radius 3 is 2.34 bits per heavy atom. The number of ether oxygens (including phenoxy) is 1. The van der Waals surface area contributed by atoms with Gasteiger partial charge in [-0.25, -0.2) is 8.42 Å². The summed E-state index contributed by atoms with van der Waals surface area (Å²) in [5.41, 5.74) is 1.78. The summed E-state index contributed by atoms with van der Waals surface area (Å²) in [4.78, 5) is 12.9. The summed E-state index contributed by atoms with van der Waals surface area (Å²) < 4.78 is 33.1. The molecule has 0 fully saturated rings. The molecule has 2 aromatic carbocycles. The molecule has 1 N–H and O–H groups in total. The maximum absolute atomic E-state index is 13.1. The van der Waals surface area contributed by atoms with Crippen LogP contribution in [0.3, 0.4) is 0 Å². The molecule has 10 heteroatoms. The Labute approximate surface area is 197 Å². The Morgan fingerprint density at radius 2 is 1.78 bits per heavy atom. The first-order valence-electron chi connectivity index (χ1n) is 9.73. The van der Waals surface area contributed by atoms with Crippen LogP contribution in [0.15, 0.2) is 52.3 Å². The summed E-state index contributed by atoms with van der Waals surface area (Å²) in [6.45, 7) is 5.72. The third-order valence-electron chi connectivity index (χ3n) is 5.01. The SMILES string of the molecule is COc1cc(NC(=O)C(C)Cn2nc(C)c(Cl)c2C)cc(S(=O)(=O)c2ccc(Cl)cc2)c1. The number of hydrogen-bond donors (Lipinski definition) is 1. The summed E-state index contributed by atoms with van der Waals surface area (Å²) in [5.74, 6) is -0.448. The molecule has 7 nitrogen and oxygen atoms in total. The molecule has 0 saturated heterocycles. The Bertz CT molecular complexity index is 1250. The number of halogens is 2. The minimum atomic E-state index is -3.84. The molecule has 32 heavy (non-hydrogen) atoms. The predicted molar refractivity (Wildman–Crippen MR) is 124 cm³/mol. The third-order valence-corrected chi connectivity index (χ3v) is 7.55. The molecule has 1 aromatic heterocycles. The fraction of sp³-hybridized carbons (Fsp3) is 0.273. The van der Waals surface area contributed by atoms with E-state index in [1.54, 1.807) is 24.6 Å². The quantitative estimate of drug-likeness (QED) is 0.502. The van der Waals surface area contributed by atoms with E-state index >= 15 is 0 Å². The molecule has 3 aromatic rings. The monoisotopic (exact) mass is 495 g/mol. The van der Waals surface area contributed by atoms with Gasteiger partial charge in [0, 0.05) is 16.8 Å². The Kier molecular flexibility index (Phi) is 7.17. The van der Waals surface area contributed by atoms with Gasteiger partial charge in [-0.3, -0.25) is 9.48 Å². The Morgan fingerprint density at radius 1 is 1.12 bits per heavy atom. The van der Waals surface area contributed by atoms with Crippen LogP contribution in [0, 0.1) is 19.8 Å². The highest BCUT2D eigenvalue weighted by atomic mass is 35.5. The van der Waals surface area contributed by atoms with Gasteiger partial charge < -0.3 is 10.1 Å². The summed E-state index contributed by atoms with van der Waals surface area (Å²) in [6, 6.07) is 10.2. The summed E-state index contributed by atoms with van der Waals surface area (Å²) in [7, 11) is -2.42. The maximum atomic E-state index is 13.1. The van der Waals surface area contributed by atoms with Gasteiger partial charge in [-0.1, -0.05) is 30.1 Å². The minimum absolute atomic E-state index is 0.00699. The van der Waals surface area contributed by atoms with Crippen molar-refractivity contribution in [3.05, 3.63) is 63.9 Å². The van der Waals surface area contributed by atoms with Crippen molar-refractivity contribution < 1.29 is 17.9 Å². The number of carbonyl (C=O) groups is 1. The first-order chi connectivity index (χ1) is 15.0. The lowest BCUT2D eigenvalue weighted by atomic mass is 10.1. The number of benzene rings is 2. The summed E-state index contributed by atoms with van der Waals surface area (Å²) in [5, 5.41) is 8.12.